The fourth-order valence-electron chi connectivity index (χ4n) is 1.60. The summed E-state index contributed by atoms with van der Waals surface area (Å²) in [6.07, 6.45) is -0.744. The maximum absolute atomic E-state index is 12.4. The van der Waals surface area contributed by atoms with Crippen molar-refractivity contribution in [1.29, 1.82) is 0 Å². The number of pyridine rings is 1. The highest BCUT2D eigenvalue weighted by Gasteiger charge is 2.16. The van der Waals surface area contributed by atoms with Crippen molar-refractivity contribution in [3.8, 4) is 0 Å². The fourth-order valence-corrected chi connectivity index (χ4v) is 1.60. The molecule has 0 bridgehead atoms. The van der Waals surface area contributed by atoms with Gasteiger partial charge in [0.05, 0.1) is 13.2 Å². The summed E-state index contributed by atoms with van der Waals surface area (Å²) in [4.78, 5) is 5.58. The third kappa shape index (κ3) is 4.22. The number of aliphatic hydroxyl groups excluding tert-OH is 1. The summed E-state index contributed by atoms with van der Waals surface area (Å²) < 4.78 is 24.8. The van der Waals surface area contributed by atoms with Crippen molar-refractivity contribution in [3.63, 3.8) is 0 Å². The van der Waals surface area contributed by atoms with Crippen LogP contribution in [-0.4, -0.2) is 36.2 Å². The molecule has 0 aromatic carbocycles. The zero-order valence-electron chi connectivity index (χ0n) is 11.0. The number of aromatic nitrogens is 1. The van der Waals surface area contributed by atoms with Crippen LogP contribution >= 0.6 is 0 Å². The van der Waals surface area contributed by atoms with Crippen LogP contribution in [0.2, 0.25) is 0 Å². The van der Waals surface area contributed by atoms with Crippen molar-refractivity contribution in [2.45, 2.75) is 32.6 Å². The Hall–Kier alpha value is -1.23. The molecule has 5 heteroatoms. The van der Waals surface area contributed by atoms with Crippen LogP contribution in [0.4, 0.5) is 14.6 Å². The quantitative estimate of drug-likeness (QED) is 0.881. The third-order valence-electron chi connectivity index (χ3n) is 2.67. The summed E-state index contributed by atoms with van der Waals surface area (Å²) in [5, 5.41) is 8.88. The van der Waals surface area contributed by atoms with E-state index in [4.69, 9.17) is 5.11 Å². The zero-order chi connectivity index (χ0) is 13.8. The van der Waals surface area contributed by atoms with Gasteiger partial charge in [0, 0.05) is 12.7 Å². The van der Waals surface area contributed by atoms with Crippen LogP contribution in [0.25, 0.3) is 0 Å². The largest absolute Gasteiger partial charge is 0.395 e. The van der Waals surface area contributed by atoms with Gasteiger partial charge in [0.25, 0.3) is 6.43 Å². The molecule has 1 N–H and O–H groups in total. The zero-order valence-corrected chi connectivity index (χ0v) is 11.0. The molecule has 102 valence electrons. The van der Waals surface area contributed by atoms with Gasteiger partial charge in [-0.2, -0.15) is 0 Å². The van der Waals surface area contributed by atoms with E-state index < -0.39 is 13.0 Å². The van der Waals surface area contributed by atoms with Crippen molar-refractivity contribution in [3.05, 3.63) is 23.9 Å². The highest BCUT2D eigenvalue weighted by atomic mass is 19.3. The summed E-state index contributed by atoms with van der Waals surface area (Å²) >= 11 is 0. The van der Waals surface area contributed by atoms with Gasteiger partial charge < -0.3 is 10.0 Å². The number of alkyl halides is 2. The number of hydrogen-bond acceptors (Lipinski definition) is 3. The van der Waals surface area contributed by atoms with Crippen LogP contribution in [0.5, 0.6) is 0 Å². The molecule has 0 atom stereocenters. The summed E-state index contributed by atoms with van der Waals surface area (Å²) in [6, 6.07) is 3.61. The molecule has 3 nitrogen and oxygen atoms in total. The average molecular weight is 258 g/mol. The van der Waals surface area contributed by atoms with E-state index in [1.54, 1.807) is 12.3 Å². The van der Waals surface area contributed by atoms with Gasteiger partial charge in [-0.25, -0.2) is 13.8 Å². The van der Waals surface area contributed by atoms with E-state index in [2.05, 4.69) is 25.8 Å². The Kier molecular flexibility index (Phi) is 5.02. The van der Waals surface area contributed by atoms with Crippen molar-refractivity contribution >= 4 is 5.82 Å². The molecule has 1 rings (SSSR count). The summed E-state index contributed by atoms with van der Waals surface area (Å²) in [6.45, 7) is 5.76. The molecule has 1 aromatic heterocycles. The smallest absolute Gasteiger partial charge is 0.255 e. The van der Waals surface area contributed by atoms with Gasteiger partial charge in [0.1, 0.15) is 5.82 Å². The molecule has 1 aromatic rings. The normalized spacial score (nSPS) is 11.9. The Morgan fingerprint density at radius 1 is 1.33 bits per heavy atom. The minimum Gasteiger partial charge on any atom is -0.395 e. The standard InChI is InChI=1S/C13H20F2N2O/c1-13(2,3)10-4-5-12(16-8-10)17(6-7-18)9-11(14)15/h4-5,8,11,18H,6-7,9H2,1-3H3. The molecule has 0 aliphatic rings. The Bertz CT molecular complexity index is 360. The molecule has 0 saturated heterocycles. The molecule has 18 heavy (non-hydrogen) atoms. The van der Waals surface area contributed by atoms with Crippen molar-refractivity contribution < 1.29 is 13.9 Å². The number of halogens is 2. The van der Waals surface area contributed by atoms with E-state index in [0.717, 1.165) is 5.56 Å². The molecule has 0 spiro atoms. The molecule has 0 amide bonds. The number of nitrogens with zero attached hydrogens (tertiary/aromatic N) is 2. The first-order valence-electron chi connectivity index (χ1n) is 5.95. The van der Waals surface area contributed by atoms with Crippen molar-refractivity contribution in [2.75, 3.05) is 24.6 Å². The van der Waals surface area contributed by atoms with Crippen molar-refractivity contribution in [1.82, 2.24) is 4.98 Å². The third-order valence-corrected chi connectivity index (χ3v) is 2.67. The van der Waals surface area contributed by atoms with E-state index in [1.807, 2.05) is 6.07 Å². The minimum atomic E-state index is -2.44. The van der Waals surface area contributed by atoms with Gasteiger partial charge >= 0.3 is 0 Å². The SMILES string of the molecule is CC(C)(C)c1ccc(N(CCO)CC(F)F)nc1. The average Bonchev–Trinajstić information content (AvgIpc) is 2.27. The minimum absolute atomic E-state index is 0.0178. The molecule has 0 fully saturated rings. The Morgan fingerprint density at radius 2 is 2.00 bits per heavy atom. The first-order valence-corrected chi connectivity index (χ1v) is 5.95. The van der Waals surface area contributed by atoms with Gasteiger partial charge in [-0.1, -0.05) is 26.8 Å². The van der Waals surface area contributed by atoms with Gasteiger partial charge in [-0.3, -0.25) is 0 Å². The van der Waals surface area contributed by atoms with Crippen LogP contribution in [0.1, 0.15) is 26.3 Å². The summed E-state index contributed by atoms with van der Waals surface area (Å²) in [5.41, 5.74) is 1.03. The van der Waals surface area contributed by atoms with E-state index >= 15 is 0 Å². The van der Waals surface area contributed by atoms with Gasteiger partial charge in [-0.05, 0) is 17.0 Å². The first kappa shape index (κ1) is 14.8. The molecule has 0 radical (unpaired) electrons. The van der Waals surface area contributed by atoms with Gasteiger partial charge in [-0.15, -0.1) is 0 Å². The van der Waals surface area contributed by atoms with Gasteiger partial charge in [0.15, 0.2) is 0 Å². The Labute approximate surface area is 106 Å². The second-order valence-electron chi connectivity index (χ2n) is 5.22. The predicted molar refractivity (Wildman–Crippen MR) is 68.2 cm³/mol. The molecule has 0 aliphatic heterocycles. The topological polar surface area (TPSA) is 36.4 Å². The first-order chi connectivity index (χ1) is 8.34. The van der Waals surface area contributed by atoms with Crippen LogP contribution < -0.4 is 4.90 Å². The highest BCUT2D eigenvalue weighted by Crippen LogP contribution is 2.23. The highest BCUT2D eigenvalue weighted by molar-refractivity contribution is 5.40. The molecule has 0 saturated carbocycles. The van der Waals surface area contributed by atoms with Crippen LogP contribution in [-0.2, 0) is 5.41 Å². The maximum atomic E-state index is 12.4. The second-order valence-corrected chi connectivity index (χ2v) is 5.22. The van der Waals surface area contributed by atoms with Crippen LogP contribution in [0.3, 0.4) is 0 Å². The number of anilines is 1. The lowest BCUT2D eigenvalue weighted by atomic mass is 9.88. The molecule has 1 heterocycles. The molecular weight excluding hydrogens is 238 g/mol. The molecule has 0 unspecified atom stereocenters. The van der Waals surface area contributed by atoms with Crippen molar-refractivity contribution in [2.24, 2.45) is 0 Å². The maximum Gasteiger partial charge on any atom is 0.255 e. The lowest BCUT2D eigenvalue weighted by Gasteiger charge is -2.24. The predicted octanol–water partition coefficient (Wildman–Crippen LogP) is 2.44. The monoisotopic (exact) mass is 258 g/mol. The van der Waals surface area contributed by atoms with E-state index in [-0.39, 0.29) is 18.6 Å². The van der Waals surface area contributed by atoms with E-state index in [9.17, 15) is 8.78 Å². The van der Waals surface area contributed by atoms with E-state index in [0.29, 0.717) is 5.82 Å². The number of aliphatic hydroxyl groups is 1. The lowest BCUT2D eigenvalue weighted by Crippen LogP contribution is -2.32. The fraction of sp³-hybridized carbons (Fsp3) is 0.615. The Morgan fingerprint density at radius 3 is 2.39 bits per heavy atom. The number of hydrogen-bond donors (Lipinski definition) is 1. The van der Waals surface area contributed by atoms with Crippen LogP contribution in [0, 0.1) is 0 Å². The van der Waals surface area contributed by atoms with Crippen LogP contribution in [0.15, 0.2) is 18.3 Å². The molecule has 0 aliphatic carbocycles. The molecular formula is C13H20F2N2O. The number of rotatable bonds is 5. The Balaban J connectivity index is 2.86. The second kappa shape index (κ2) is 6.09. The van der Waals surface area contributed by atoms with E-state index in [1.165, 1.54) is 4.90 Å². The van der Waals surface area contributed by atoms with Gasteiger partial charge in [0.2, 0.25) is 0 Å². The lowest BCUT2D eigenvalue weighted by molar-refractivity contribution is 0.152. The summed E-state index contributed by atoms with van der Waals surface area (Å²) in [7, 11) is 0. The summed E-state index contributed by atoms with van der Waals surface area (Å²) in [5.74, 6) is 0.470.